The Labute approximate surface area is 217 Å². The van der Waals surface area contributed by atoms with Crippen LogP contribution in [0, 0.1) is 0 Å². The molecular formula is C30H36N2O5. The number of Topliss-reactive ketones (excluding diaryl/α,β-unsaturated/α-hetero) is 1. The molecule has 1 heterocycles. The van der Waals surface area contributed by atoms with Crippen LogP contribution in [0.3, 0.4) is 0 Å². The maximum atomic E-state index is 13.7. The first-order valence-electron chi connectivity index (χ1n) is 13.0. The van der Waals surface area contributed by atoms with Crippen LogP contribution >= 0.6 is 0 Å². The van der Waals surface area contributed by atoms with E-state index in [4.69, 9.17) is 4.74 Å². The molecule has 3 rings (SSSR count). The molecule has 1 aromatic heterocycles. The first-order chi connectivity index (χ1) is 17.8. The fraction of sp³-hybridized carbons (Fsp3) is 0.400. The number of esters is 1. The topological polar surface area (TPSA) is 87.4 Å². The van der Waals surface area contributed by atoms with Crippen molar-refractivity contribution in [3.05, 3.63) is 104 Å². The highest BCUT2D eigenvalue weighted by Crippen LogP contribution is 2.19. The van der Waals surface area contributed by atoms with Gasteiger partial charge in [0.2, 0.25) is 0 Å². The molecular weight excluding hydrogens is 468 g/mol. The average Bonchev–Trinajstić information content (AvgIpc) is 2.89. The Bertz CT molecular complexity index is 1310. The SMILES string of the molecule is CCOC(=O)CCCCCn1c(Cc2ccccc2)c(C(C)C)c(=O)n(CC(=O)c2ccccc2)c1=O. The second-order valence-electron chi connectivity index (χ2n) is 9.41. The first-order valence-corrected chi connectivity index (χ1v) is 13.0. The molecule has 0 unspecified atom stereocenters. The van der Waals surface area contributed by atoms with Crippen molar-refractivity contribution in [2.24, 2.45) is 0 Å². The van der Waals surface area contributed by atoms with Crippen LogP contribution in [0.15, 0.2) is 70.3 Å². The van der Waals surface area contributed by atoms with Gasteiger partial charge in [0.15, 0.2) is 5.78 Å². The molecule has 0 saturated heterocycles. The number of hydrogen-bond donors (Lipinski definition) is 0. The quantitative estimate of drug-likeness (QED) is 0.191. The molecule has 0 bridgehead atoms. The summed E-state index contributed by atoms with van der Waals surface area (Å²) in [5.74, 6) is -0.647. The van der Waals surface area contributed by atoms with Gasteiger partial charge in [0.05, 0.1) is 13.2 Å². The van der Waals surface area contributed by atoms with E-state index < -0.39 is 11.2 Å². The summed E-state index contributed by atoms with van der Waals surface area (Å²) in [6, 6.07) is 18.4. The Hall–Kier alpha value is -3.74. The molecule has 0 aliphatic rings. The number of unbranched alkanes of at least 4 members (excludes halogenated alkanes) is 2. The summed E-state index contributed by atoms with van der Waals surface area (Å²) in [6.45, 7) is 6.09. The van der Waals surface area contributed by atoms with Crippen LogP contribution in [0.5, 0.6) is 0 Å². The van der Waals surface area contributed by atoms with Crippen molar-refractivity contribution >= 4 is 11.8 Å². The molecule has 2 aromatic carbocycles. The fourth-order valence-electron chi connectivity index (χ4n) is 4.50. The normalized spacial score (nSPS) is 11.0. The minimum Gasteiger partial charge on any atom is -0.466 e. The van der Waals surface area contributed by atoms with E-state index in [9.17, 15) is 19.2 Å². The highest BCUT2D eigenvalue weighted by Gasteiger charge is 2.23. The van der Waals surface area contributed by atoms with Crippen molar-refractivity contribution in [1.82, 2.24) is 9.13 Å². The standard InChI is InChI=1S/C30H36N2O5/c1-4-37-27(34)18-12-7-13-19-31-25(20-23-14-8-5-9-15-23)28(22(2)3)29(35)32(30(31)36)21-26(33)24-16-10-6-11-17-24/h5-6,8-11,14-17,22H,4,7,12-13,18-21H2,1-3H3. The van der Waals surface area contributed by atoms with Gasteiger partial charge in [0, 0.05) is 36.2 Å². The summed E-state index contributed by atoms with van der Waals surface area (Å²) < 4.78 is 7.73. The molecule has 0 spiro atoms. The van der Waals surface area contributed by atoms with E-state index in [1.807, 2.05) is 50.2 Å². The molecule has 0 fully saturated rings. The van der Waals surface area contributed by atoms with E-state index in [2.05, 4.69) is 0 Å². The highest BCUT2D eigenvalue weighted by atomic mass is 16.5. The molecule has 0 aliphatic carbocycles. The number of ether oxygens (including phenoxy) is 1. The maximum Gasteiger partial charge on any atom is 0.331 e. The van der Waals surface area contributed by atoms with Gasteiger partial charge in [-0.1, -0.05) is 80.9 Å². The zero-order chi connectivity index (χ0) is 26.8. The summed E-state index contributed by atoms with van der Waals surface area (Å²) in [5.41, 5.74) is 1.81. The van der Waals surface area contributed by atoms with Crippen molar-refractivity contribution in [2.45, 2.75) is 71.9 Å². The van der Waals surface area contributed by atoms with E-state index in [-0.39, 0.29) is 24.2 Å². The minimum absolute atomic E-state index is 0.139. The summed E-state index contributed by atoms with van der Waals surface area (Å²) in [7, 11) is 0. The molecule has 0 amide bonds. The molecule has 0 atom stereocenters. The monoisotopic (exact) mass is 504 g/mol. The van der Waals surface area contributed by atoms with Crippen molar-refractivity contribution in [3.8, 4) is 0 Å². The van der Waals surface area contributed by atoms with Crippen LogP contribution in [-0.4, -0.2) is 27.5 Å². The lowest BCUT2D eigenvalue weighted by atomic mass is 9.97. The number of nitrogens with zero attached hydrogens (tertiary/aromatic N) is 2. The molecule has 37 heavy (non-hydrogen) atoms. The molecule has 0 radical (unpaired) electrons. The lowest BCUT2D eigenvalue weighted by Crippen LogP contribution is -2.45. The third kappa shape index (κ3) is 7.38. The Morgan fingerprint density at radius 1 is 0.865 bits per heavy atom. The lowest BCUT2D eigenvalue weighted by molar-refractivity contribution is -0.143. The minimum atomic E-state index is -0.477. The third-order valence-electron chi connectivity index (χ3n) is 6.33. The highest BCUT2D eigenvalue weighted by molar-refractivity contribution is 5.95. The van der Waals surface area contributed by atoms with E-state index >= 15 is 0 Å². The van der Waals surface area contributed by atoms with Crippen LogP contribution in [-0.2, 0) is 29.0 Å². The second-order valence-corrected chi connectivity index (χ2v) is 9.41. The van der Waals surface area contributed by atoms with Gasteiger partial charge in [-0.05, 0) is 31.2 Å². The lowest BCUT2D eigenvalue weighted by Gasteiger charge is -2.21. The molecule has 0 N–H and O–H groups in total. The molecule has 7 heteroatoms. The van der Waals surface area contributed by atoms with E-state index in [1.54, 1.807) is 35.8 Å². The van der Waals surface area contributed by atoms with Crippen LogP contribution < -0.4 is 11.2 Å². The van der Waals surface area contributed by atoms with Crippen molar-refractivity contribution in [1.29, 1.82) is 0 Å². The van der Waals surface area contributed by atoms with Gasteiger partial charge in [-0.25, -0.2) is 4.79 Å². The predicted molar refractivity (Wildman–Crippen MR) is 144 cm³/mol. The molecule has 0 saturated carbocycles. The number of benzene rings is 2. The summed E-state index contributed by atoms with van der Waals surface area (Å²) in [6.07, 6.45) is 2.82. The number of aromatic nitrogens is 2. The summed E-state index contributed by atoms with van der Waals surface area (Å²) in [5, 5.41) is 0. The number of ketones is 1. The van der Waals surface area contributed by atoms with E-state index in [0.717, 1.165) is 16.6 Å². The Morgan fingerprint density at radius 2 is 1.51 bits per heavy atom. The number of carbonyl (C=O) groups excluding carboxylic acids is 2. The van der Waals surface area contributed by atoms with Gasteiger partial charge >= 0.3 is 11.7 Å². The Balaban J connectivity index is 1.99. The van der Waals surface area contributed by atoms with Crippen LogP contribution in [0.2, 0.25) is 0 Å². The summed E-state index contributed by atoms with van der Waals surface area (Å²) in [4.78, 5) is 51.9. The van der Waals surface area contributed by atoms with Crippen LogP contribution in [0.1, 0.15) is 79.6 Å². The maximum absolute atomic E-state index is 13.7. The second kappa shape index (κ2) is 13.5. The predicted octanol–water partition coefficient (Wildman–Crippen LogP) is 4.73. The van der Waals surface area contributed by atoms with Crippen LogP contribution in [0.25, 0.3) is 0 Å². The van der Waals surface area contributed by atoms with Gasteiger partial charge in [0.1, 0.15) is 0 Å². The van der Waals surface area contributed by atoms with E-state index in [0.29, 0.717) is 55.7 Å². The van der Waals surface area contributed by atoms with Gasteiger partial charge in [-0.3, -0.25) is 23.5 Å². The Kier molecular flexibility index (Phi) is 10.2. The molecule has 0 aliphatic heterocycles. The molecule has 7 nitrogen and oxygen atoms in total. The van der Waals surface area contributed by atoms with Gasteiger partial charge < -0.3 is 4.74 Å². The van der Waals surface area contributed by atoms with Crippen molar-refractivity contribution in [2.75, 3.05) is 6.61 Å². The Morgan fingerprint density at radius 3 is 2.14 bits per heavy atom. The first kappa shape index (κ1) is 27.8. The number of carbonyl (C=O) groups is 2. The van der Waals surface area contributed by atoms with Crippen LogP contribution in [0.4, 0.5) is 0 Å². The molecule has 3 aromatic rings. The fourth-order valence-corrected chi connectivity index (χ4v) is 4.50. The zero-order valence-corrected chi connectivity index (χ0v) is 21.9. The van der Waals surface area contributed by atoms with Gasteiger partial charge in [0.25, 0.3) is 5.56 Å². The van der Waals surface area contributed by atoms with Gasteiger partial charge in [-0.15, -0.1) is 0 Å². The number of hydrogen-bond acceptors (Lipinski definition) is 5. The number of rotatable bonds is 13. The van der Waals surface area contributed by atoms with E-state index in [1.165, 1.54) is 0 Å². The van der Waals surface area contributed by atoms with Gasteiger partial charge in [-0.2, -0.15) is 0 Å². The zero-order valence-electron chi connectivity index (χ0n) is 21.9. The largest absolute Gasteiger partial charge is 0.466 e. The third-order valence-corrected chi connectivity index (χ3v) is 6.33. The average molecular weight is 505 g/mol. The summed E-state index contributed by atoms with van der Waals surface area (Å²) >= 11 is 0. The van der Waals surface area contributed by atoms with Crippen molar-refractivity contribution < 1.29 is 14.3 Å². The van der Waals surface area contributed by atoms with Crippen molar-refractivity contribution in [3.63, 3.8) is 0 Å². The molecule has 196 valence electrons. The smallest absolute Gasteiger partial charge is 0.331 e.